The fourth-order valence-electron chi connectivity index (χ4n) is 3.78. The number of rotatable bonds is 7. The summed E-state index contributed by atoms with van der Waals surface area (Å²) in [5, 5.41) is 11.9. The Morgan fingerprint density at radius 2 is 1.93 bits per heavy atom. The molecule has 7 heteroatoms. The summed E-state index contributed by atoms with van der Waals surface area (Å²) in [6.45, 7) is 0.486. The lowest BCUT2D eigenvalue weighted by Gasteiger charge is -2.19. The highest BCUT2D eigenvalue weighted by Gasteiger charge is 2.21. The molecule has 0 aliphatic heterocycles. The van der Waals surface area contributed by atoms with Crippen molar-refractivity contribution in [2.75, 3.05) is 7.11 Å². The molecule has 0 radical (unpaired) electrons. The van der Waals surface area contributed by atoms with Crippen LogP contribution in [0, 0.1) is 4.77 Å². The number of ether oxygens (including phenoxy) is 2. The Morgan fingerprint density at radius 1 is 1.13 bits per heavy atom. The van der Waals surface area contributed by atoms with Crippen molar-refractivity contribution in [2.24, 2.45) is 5.10 Å². The van der Waals surface area contributed by atoms with Crippen LogP contribution < -0.4 is 9.47 Å². The van der Waals surface area contributed by atoms with Crippen molar-refractivity contribution in [1.29, 1.82) is 0 Å². The minimum absolute atomic E-state index is 0.409. The second-order valence-corrected chi connectivity index (χ2v) is 7.85. The van der Waals surface area contributed by atoms with Gasteiger partial charge in [0.15, 0.2) is 17.3 Å². The fraction of sp³-hybridized carbons (Fsp3) is 0.348. The second kappa shape index (κ2) is 9.71. The molecule has 1 aromatic heterocycles. The SMILES string of the molecule is COc1cc(/C=N\n2c(C3CCCCC3)n[nH]c2=S)ccc1OCc1ccccc1. The maximum absolute atomic E-state index is 5.93. The maximum Gasteiger partial charge on any atom is 0.216 e. The smallest absolute Gasteiger partial charge is 0.216 e. The molecule has 0 saturated heterocycles. The largest absolute Gasteiger partial charge is 0.493 e. The number of nitrogens with zero attached hydrogens (tertiary/aromatic N) is 3. The van der Waals surface area contributed by atoms with Crippen molar-refractivity contribution >= 4 is 18.4 Å². The standard InChI is InChI=1S/C23H26N4O2S/c1-28-21-14-18(12-13-20(21)29-16-17-8-4-2-5-9-17)15-24-27-22(25-26-23(27)30)19-10-6-3-7-11-19/h2,4-5,8-9,12-15,19H,3,6-7,10-11,16H2,1H3,(H,26,30)/b24-15-. The van der Waals surface area contributed by atoms with Crippen LogP contribution in [0.25, 0.3) is 0 Å². The van der Waals surface area contributed by atoms with E-state index in [1.807, 2.05) is 48.5 Å². The van der Waals surface area contributed by atoms with Gasteiger partial charge < -0.3 is 9.47 Å². The Morgan fingerprint density at radius 3 is 2.70 bits per heavy atom. The van der Waals surface area contributed by atoms with E-state index in [9.17, 15) is 0 Å². The maximum atomic E-state index is 5.93. The zero-order valence-electron chi connectivity index (χ0n) is 17.1. The normalized spacial score (nSPS) is 14.8. The molecule has 0 amide bonds. The van der Waals surface area contributed by atoms with Crippen molar-refractivity contribution in [1.82, 2.24) is 14.9 Å². The van der Waals surface area contributed by atoms with Gasteiger partial charge >= 0.3 is 0 Å². The molecular formula is C23H26N4O2S. The van der Waals surface area contributed by atoms with Crippen molar-refractivity contribution < 1.29 is 9.47 Å². The van der Waals surface area contributed by atoms with Crippen LogP contribution in [-0.2, 0) is 6.61 Å². The zero-order chi connectivity index (χ0) is 20.8. The molecule has 156 valence electrons. The molecule has 2 aromatic carbocycles. The van der Waals surface area contributed by atoms with E-state index < -0.39 is 0 Å². The number of hydrogen-bond acceptors (Lipinski definition) is 5. The average molecular weight is 423 g/mol. The Bertz CT molecular complexity index is 1050. The van der Waals surface area contributed by atoms with Gasteiger partial charge in [-0.05, 0) is 54.4 Å². The van der Waals surface area contributed by atoms with Gasteiger partial charge in [0.05, 0.1) is 13.3 Å². The molecule has 0 bridgehead atoms. The van der Waals surface area contributed by atoms with Crippen LogP contribution in [0.3, 0.4) is 0 Å². The number of benzene rings is 2. The zero-order valence-corrected chi connectivity index (χ0v) is 17.9. The van der Waals surface area contributed by atoms with Gasteiger partial charge in [0.25, 0.3) is 0 Å². The predicted molar refractivity (Wildman–Crippen MR) is 120 cm³/mol. The van der Waals surface area contributed by atoms with Crippen LogP contribution in [0.15, 0.2) is 53.6 Å². The lowest BCUT2D eigenvalue weighted by atomic mass is 9.89. The second-order valence-electron chi connectivity index (χ2n) is 7.46. The lowest BCUT2D eigenvalue weighted by molar-refractivity contribution is 0.284. The first-order valence-corrected chi connectivity index (χ1v) is 10.7. The monoisotopic (exact) mass is 422 g/mol. The van der Waals surface area contributed by atoms with Crippen LogP contribution >= 0.6 is 12.2 Å². The molecule has 1 N–H and O–H groups in total. The van der Waals surface area contributed by atoms with Crippen molar-refractivity contribution in [3.05, 3.63) is 70.3 Å². The van der Waals surface area contributed by atoms with Crippen molar-refractivity contribution in [2.45, 2.75) is 44.6 Å². The molecule has 0 unspecified atom stereocenters. The van der Waals surface area contributed by atoms with Gasteiger partial charge in [-0.15, -0.1) is 0 Å². The Hall–Kier alpha value is -2.93. The predicted octanol–water partition coefficient (Wildman–Crippen LogP) is 5.46. The highest BCUT2D eigenvalue weighted by Crippen LogP contribution is 2.32. The van der Waals surface area contributed by atoms with Crippen molar-refractivity contribution in [3.8, 4) is 11.5 Å². The van der Waals surface area contributed by atoms with Gasteiger partial charge in [0, 0.05) is 5.92 Å². The molecule has 0 spiro atoms. The molecule has 1 aliphatic rings. The van der Waals surface area contributed by atoms with E-state index in [0.29, 0.717) is 28.8 Å². The summed E-state index contributed by atoms with van der Waals surface area (Å²) in [6, 6.07) is 15.8. The highest BCUT2D eigenvalue weighted by atomic mass is 32.1. The number of aromatic amines is 1. The van der Waals surface area contributed by atoms with Crippen molar-refractivity contribution in [3.63, 3.8) is 0 Å². The number of aromatic nitrogens is 3. The molecule has 1 aliphatic carbocycles. The van der Waals surface area contributed by atoms with Crippen LogP contribution in [0.5, 0.6) is 11.5 Å². The van der Waals surface area contributed by atoms with Gasteiger partial charge in [-0.2, -0.15) is 14.9 Å². The third-order valence-corrected chi connectivity index (χ3v) is 5.66. The average Bonchev–Trinajstić information content (AvgIpc) is 3.18. The first-order valence-electron chi connectivity index (χ1n) is 10.3. The summed E-state index contributed by atoms with van der Waals surface area (Å²) in [6.07, 6.45) is 7.81. The van der Waals surface area contributed by atoms with E-state index in [1.54, 1.807) is 18.0 Å². The molecule has 1 fully saturated rings. The first kappa shape index (κ1) is 20.3. The van der Waals surface area contributed by atoms with Crippen LogP contribution in [0.2, 0.25) is 0 Å². The molecule has 4 rings (SSSR count). The molecule has 0 atom stereocenters. The molecule has 1 heterocycles. The van der Waals surface area contributed by atoms with Crippen LogP contribution in [-0.4, -0.2) is 28.2 Å². The molecule has 3 aromatic rings. The minimum Gasteiger partial charge on any atom is -0.493 e. The van der Waals surface area contributed by atoms with Crippen LogP contribution in [0.4, 0.5) is 0 Å². The number of H-pyrrole nitrogens is 1. The topological polar surface area (TPSA) is 64.4 Å². The number of methoxy groups -OCH3 is 1. The van der Waals surface area contributed by atoms with Gasteiger partial charge in [-0.25, -0.2) is 0 Å². The summed E-state index contributed by atoms with van der Waals surface area (Å²) in [5.74, 6) is 2.69. The molecule has 6 nitrogen and oxygen atoms in total. The summed E-state index contributed by atoms with van der Waals surface area (Å²) < 4.78 is 13.7. The molecular weight excluding hydrogens is 396 g/mol. The fourth-order valence-corrected chi connectivity index (χ4v) is 3.97. The van der Waals surface area contributed by atoms with Gasteiger partial charge in [0.1, 0.15) is 6.61 Å². The molecule has 1 saturated carbocycles. The van der Waals surface area contributed by atoms with E-state index in [2.05, 4.69) is 15.3 Å². The number of hydrogen-bond donors (Lipinski definition) is 1. The first-order chi connectivity index (χ1) is 14.7. The van der Waals surface area contributed by atoms with Crippen LogP contribution in [0.1, 0.15) is 55.0 Å². The van der Waals surface area contributed by atoms with E-state index >= 15 is 0 Å². The summed E-state index contributed by atoms with van der Waals surface area (Å²) in [7, 11) is 1.64. The molecule has 30 heavy (non-hydrogen) atoms. The van der Waals surface area contributed by atoms with Gasteiger partial charge in [-0.3, -0.25) is 5.10 Å². The Labute approximate surface area is 181 Å². The Kier molecular flexibility index (Phi) is 6.59. The third kappa shape index (κ3) is 4.79. The van der Waals surface area contributed by atoms with Gasteiger partial charge in [0.2, 0.25) is 4.77 Å². The van der Waals surface area contributed by atoms with Gasteiger partial charge in [-0.1, -0.05) is 49.6 Å². The minimum atomic E-state index is 0.409. The quantitative estimate of drug-likeness (QED) is 0.406. The highest BCUT2D eigenvalue weighted by molar-refractivity contribution is 7.71. The number of nitrogens with one attached hydrogen (secondary N) is 1. The van der Waals surface area contributed by atoms with E-state index in [4.69, 9.17) is 21.7 Å². The summed E-state index contributed by atoms with van der Waals surface area (Å²) in [5.41, 5.74) is 2.01. The lowest BCUT2D eigenvalue weighted by Crippen LogP contribution is -2.10. The summed E-state index contributed by atoms with van der Waals surface area (Å²) >= 11 is 5.39. The summed E-state index contributed by atoms with van der Waals surface area (Å²) in [4.78, 5) is 0. The van der Waals surface area contributed by atoms with E-state index in [0.717, 1.165) is 29.8 Å². The Balaban J connectivity index is 1.50. The van der Waals surface area contributed by atoms with E-state index in [-0.39, 0.29) is 0 Å². The van der Waals surface area contributed by atoms with E-state index in [1.165, 1.54) is 19.3 Å². The third-order valence-electron chi connectivity index (χ3n) is 5.39.